The van der Waals surface area contributed by atoms with Gasteiger partial charge in [-0.1, -0.05) is 5.16 Å². The molecule has 1 aliphatic carbocycles. The average molecular weight is 265 g/mol. The summed E-state index contributed by atoms with van der Waals surface area (Å²) in [4.78, 5) is 3.91. The van der Waals surface area contributed by atoms with Crippen LogP contribution in [0.25, 0.3) is 0 Å². The lowest BCUT2D eigenvalue weighted by Crippen LogP contribution is -2.17. The monoisotopic (exact) mass is 265 g/mol. The Morgan fingerprint density at radius 1 is 1.39 bits per heavy atom. The van der Waals surface area contributed by atoms with Crippen molar-refractivity contribution in [3.8, 4) is 0 Å². The molecule has 0 aliphatic heterocycles. The van der Waals surface area contributed by atoms with Gasteiger partial charge in [0, 0.05) is 0 Å². The summed E-state index contributed by atoms with van der Waals surface area (Å²) in [5.74, 6) is 1.23. The van der Waals surface area contributed by atoms with Crippen molar-refractivity contribution in [1.29, 1.82) is 0 Å². The zero-order chi connectivity index (χ0) is 13.0. The van der Waals surface area contributed by atoms with Gasteiger partial charge in [0.05, 0.1) is 6.54 Å². The smallest absolute Gasteiger partial charge is 0.364 e. The van der Waals surface area contributed by atoms with Crippen LogP contribution in [0.15, 0.2) is 4.52 Å². The second-order valence-electron chi connectivity index (χ2n) is 4.29. The molecule has 0 saturated heterocycles. The highest BCUT2D eigenvalue weighted by Gasteiger charge is 2.27. The molecule has 1 saturated carbocycles. The third-order valence-electron chi connectivity index (χ3n) is 2.41. The lowest BCUT2D eigenvalue weighted by Gasteiger charge is -2.04. The molecule has 8 heteroatoms. The summed E-state index contributed by atoms with van der Waals surface area (Å²) < 4.78 is 44.7. The van der Waals surface area contributed by atoms with Crippen LogP contribution in [0.2, 0.25) is 0 Å². The predicted octanol–water partition coefficient (Wildman–Crippen LogP) is 1.65. The van der Waals surface area contributed by atoms with Gasteiger partial charge >= 0.3 is 6.18 Å². The summed E-state index contributed by atoms with van der Waals surface area (Å²) in [5.41, 5.74) is 0. The first-order valence-corrected chi connectivity index (χ1v) is 5.69. The van der Waals surface area contributed by atoms with E-state index in [9.17, 15) is 13.2 Å². The highest BCUT2D eigenvalue weighted by atomic mass is 19.4. The predicted molar refractivity (Wildman–Crippen MR) is 54.4 cm³/mol. The van der Waals surface area contributed by atoms with Crippen LogP contribution in [0.1, 0.15) is 24.6 Å². The summed E-state index contributed by atoms with van der Waals surface area (Å²) in [7, 11) is 0. The molecule has 0 unspecified atom stereocenters. The lowest BCUT2D eigenvalue weighted by atomic mass is 10.4. The van der Waals surface area contributed by atoms with E-state index >= 15 is 0 Å². The van der Waals surface area contributed by atoms with E-state index in [1.54, 1.807) is 0 Å². The van der Waals surface area contributed by atoms with Gasteiger partial charge in [-0.3, -0.25) is 0 Å². The Hall–Kier alpha value is -1.15. The first kappa shape index (κ1) is 13.3. The Bertz CT molecular complexity index is 377. The second kappa shape index (κ2) is 5.66. The maximum Gasteiger partial charge on any atom is 0.411 e. The largest absolute Gasteiger partial charge is 0.411 e. The van der Waals surface area contributed by atoms with Crippen LogP contribution in [0.4, 0.5) is 13.2 Å². The quantitative estimate of drug-likeness (QED) is 0.812. The molecule has 1 fully saturated rings. The van der Waals surface area contributed by atoms with Gasteiger partial charge in [0.25, 0.3) is 0 Å². The molecular weight excluding hydrogens is 251 g/mol. The van der Waals surface area contributed by atoms with Crippen molar-refractivity contribution in [2.45, 2.75) is 32.2 Å². The topological polar surface area (TPSA) is 60.2 Å². The van der Waals surface area contributed by atoms with E-state index in [1.165, 1.54) is 12.8 Å². The number of hydrogen-bond acceptors (Lipinski definition) is 5. The highest BCUT2D eigenvalue weighted by molar-refractivity contribution is 4.85. The Balaban J connectivity index is 1.65. The number of hydrogen-bond donors (Lipinski definition) is 1. The van der Waals surface area contributed by atoms with Crippen LogP contribution in [0, 0.1) is 5.92 Å². The van der Waals surface area contributed by atoms with E-state index in [-0.39, 0.29) is 12.4 Å². The second-order valence-corrected chi connectivity index (χ2v) is 4.29. The SMILES string of the molecule is FC(F)(F)COCc1noc(CNCC2CC2)n1. The number of halogens is 3. The Morgan fingerprint density at radius 2 is 2.17 bits per heavy atom. The molecule has 1 aromatic rings. The molecule has 0 radical (unpaired) electrons. The number of rotatable bonds is 7. The van der Waals surface area contributed by atoms with E-state index in [0.717, 1.165) is 12.5 Å². The maximum absolute atomic E-state index is 11.8. The molecule has 0 atom stereocenters. The van der Waals surface area contributed by atoms with Crippen molar-refractivity contribution in [3.63, 3.8) is 0 Å². The van der Waals surface area contributed by atoms with Gasteiger partial charge in [0.2, 0.25) is 5.89 Å². The number of nitrogens with one attached hydrogen (secondary N) is 1. The zero-order valence-corrected chi connectivity index (χ0v) is 9.66. The van der Waals surface area contributed by atoms with Gasteiger partial charge in [-0.05, 0) is 25.3 Å². The van der Waals surface area contributed by atoms with Crippen LogP contribution in [-0.2, 0) is 17.9 Å². The van der Waals surface area contributed by atoms with Crippen LogP contribution < -0.4 is 5.32 Å². The Morgan fingerprint density at radius 3 is 2.83 bits per heavy atom. The molecule has 102 valence electrons. The molecule has 1 N–H and O–H groups in total. The van der Waals surface area contributed by atoms with E-state index in [0.29, 0.717) is 12.4 Å². The number of alkyl halides is 3. The van der Waals surface area contributed by atoms with E-state index < -0.39 is 12.8 Å². The van der Waals surface area contributed by atoms with E-state index in [1.807, 2.05) is 0 Å². The van der Waals surface area contributed by atoms with Crippen LogP contribution in [0.3, 0.4) is 0 Å². The molecule has 2 rings (SSSR count). The van der Waals surface area contributed by atoms with Crippen molar-refractivity contribution < 1.29 is 22.4 Å². The molecule has 0 spiro atoms. The number of aromatic nitrogens is 2. The molecule has 18 heavy (non-hydrogen) atoms. The van der Waals surface area contributed by atoms with E-state index in [2.05, 4.69) is 20.2 Å². The van der Waals surface area contributed by atoms with Crippen LogP contribution in [0.5, 0.6) is 0 Å². The van der Waals surface area contributed by atoms with Gasteiger partial charge in [-0.15, -0.1) is 0 Å². The molecule has 0 aromatic carbocycles. The molecule has 5 nitrogen and oxygen atoms in total. The fraction of sp³-hybridized carbons (Fsp3) is 0.800. The van der Waals surface area contributed by atoms with Crippen molar-refractivity contribution in [2.75, 3.05) is 13.2 Å². The normalized spacial score (nSPS) is 16.2. The van der Waals surface area contributed by atoms with E-state index in [4.69, 9.17) is 4.52 Å². The van der Waals surface area contributed by atoms with Crippen molar-refractivity contribution >= 4 is 0 Å². The maximum atomic E-state index is 11.8. The standard InChI is InChI=1S/C10H14F3N3O2/c11-10(12,13)6-17-5-8-15-9(18-16-8)4-14-3-7-1-2-7/h7,14H,1-6H2. The number of ether oxygens (including phenoxy) is 1. The molecule has 1 aliphatic rings. The summed E-state index contributed by atoms with van der Waals surface area (Å²) in [5, 5.41) is 6.67. The minimum Gasteiger partial charge on any atom is -0.364 e. The van der Waals surface area contributed by atoms with Crippen molar-refractivity contribution in [3.05, 3.63) is 11.7 Å². The first-order valence-electron chi connectivity index (χ1n) is 5.69. The van der Waals surface area contributed by atoms with Gasteiger partial charge in [-0.25, -0.2) is 0 Å². The minimum absolute atomic E-state index is 0.127. The average Bonchev–Trinajstić information content (AvgIpc) is 2.97. The lowest BCUT2D eigenvalue weighted by molar-refractivity contribution is -0.177. The first-order chi connectivity index (χ1) is 8.53. The molecular formula is C10H14F3N3O2. The molecule has 1 heterocycles. The summed E-state index contributed by atoms with van der Waals surface area (Å²) in [6, 6.07) is 0. The van der Waals surface area contributed by atoms with Crippen LogP contribution in [-0.4, -0.2) is 29.5 Å². The highest BCUT2D eigenvalue weighted by Crippen LogP contribution is 2.27. The molecule has 0 bridgehead atoms. The van der Waals surface area contributed by atoms with Crippen LogP contribution >= 0.6 is 0 Å². The Kier molecular flexibility index (Phi) is 4.18. The summed E-state index contributed by atoms with van der Waals surface area (Å²) in [6.07, 6.45) is -1.85. The van der Waals surface area contributed by atoms with Gasteiger partial charge < -0.3 is 14.6 Å². The fourth-order valence-electron chi connectivity index (χ4n) is 1.38. The summed E-state index contributed by atoms with van der Waals surface area (Å²) >= 11 is 0. The summed E-state index contributed by atoms with van der Waals surface area (Å²) in [6.45, 7) is -0.270. The third kappa shape index (κ3) is 5.01. The molecule has 0 amide bonds. The minimum atomic E-state index is -4.33. The van der Waals surface area contributed by atoms with Crippen molar-refractivity contribution in [1.82, 2.24) is 15.5 Å². The van der Waals surface area contributed by atoms with Gasteiger partial charge in [0.1, 0.15) is 13.2 Å². The number of nitrogens with zero attached hydrogens (tertiary/aromatic N) is 2. The third-order valence-corrected chi connectivity index (χ3v) is 2.41. The Labute approximate surface area is 102 Å². The van der Waals surface area contributed by atoms with Gasteiger partial charge in [-0.2, -0.15) is 18.2 Å². The van der Waals surface area contributed by atoms with Gasteiger partial charge in [0.15, 0.2) is 5.82 Å². The molecule has 1 aromatic heterocycles. The van der Waals surface area contributed by atoms with Crippen molar-refractivity contribution in [2.24, 2.45) is 5.92 Å². The fourth-order valence-corrected chi connectivity index (χ4v) is 1.38. The zero-order valence-electron chi connectivity index (χ0n) is 9.66.